The van der Waals surface area contributed by atoms with Gasteiger partial charge >= 0.3 is 0 Å². The number of furan rings is 1. The summed E-state index contributed by atoms with van der Waals surface area (Å²) in [5.41, 5.74) is 1.80. The first-order valence-corrected chi connectivity index (χ1v) is 7.21. The van der Waals surface area contributed by atoms with Crippen molar-refractivity contribution in [3.63, 3.8) is 0 Å². The van der Waals surface area contributed by atoms with Crippen molar-refractivity contribution in [3.05, 3.63) is 65.7 Å². The number of methoxy groups -OCH3 is 1. The van der Waals surface area contributed by atoms with Crippen molar-refractivity contribution in [1.82, 2.24) is 5.32 Å². The van der Waals surface area contributed by atoms with Gasteiger partial charge in [-0.1, -0.05) is 24.3 Å². The van der Waals surface area contributed by atoms with E-state index in [9.17, 15) is 4.39 Å². The Morgan fingerprint density at radius 2 is 1.95 bits per heavy atom. The minimum atomic E-state index is -0.222. The molecule has 0 radical (unpaired) electrons. The van der Waals surface area contributed by atoms with Crippen LogP contribution in [0, 0.1) is 5.82 Å². The van der Waals surface area contributed by atoms with E-state index in [0.717, 1.165) is 28.0 Å². The molecule has 1 atom stereocenters. The molecule has 3 nitrogen and oxygen atoms in total. The number of nitrogens with one attached hydrogen (secondary N) is 1. The lowest BCUT2D eigenvalue weighted by Gasteiger charge is -2.13. The molecule has 0 spiro atoms. The second-order valence-electron chi connectivity index (χ2n) is 5.25. The van der Waals surface area contributed by atoms with Crippen molar-refractivity contribution in [2.75, 3.05) is 7.11 Å². The number of hydrogen-bond acceptors (Lipinski definition) is 3. The molecular weight excluding hydrogens is 281 g/mol. The molecule has 0 saturated carbocycles. The standard InChI is InChI=1S/C18H18FNO2/c1-12(13-6-8-15(19)9-7-13)20-11-16-10-14-4-3-5-17(21-2)18(14)22-16/h3-10,12,20H,11H2,1-2H3/t12-/m1/s1. The van der Waals surface area contributed by atoms with Gasteiger partial charge in [0.2, 0.25) is 0 Å². The monoisotopic (exact) mass is 299 g/mol. The Balaban J connectivity index is 1.72. The number of halogens is 1. The van der Waals surface area contributed by atoms with E-state index in [1.54, 1.807) is 19.2 Å². The number of hydrogen-bond donors (Lipinski definition) is 1. The van der Waals surface area contributed by atoms with E-state index in [4.69, 9.17) is 9.15 Å². The maximum Gasteiger partial charge on any atom is 0.176 e. The van der Waals surface area contributed by atoms with Gasteiger partial charge in [-0.25, -0.2) is 4.39 Å². The first kappa shape index (κ1) is 14.6. The fourth-order valence-corrected chi connectivity index (χ4v) is 2.46. The number of ether oxygens (including phenoxy) is 1. The molecule has 1 N–H and O–H groups in total. The molecule has 2 aromatic carbocycles. The zero-order valence-electron chi connectivity index (χ0n) is 12.6. The summed E-state index contributed by atoms with van der Waals surface area (Å²) in [5, 5.41) is 4.40. The summed E-state index contributed by atoms with van der Waals surface area (Å²) in [5.74, 6) is 1.35. The predicted octanol–water partition coefficient (Wildman–Crippen LogP) is 4.43. The Kier molecular flexibility index (Phi) is 4.11. The highest BCUT2D eigenvalue weighted by Crippen LogP contribution is 2.28. The van der Waals surface area contributed by atoms with Crippen LogP contribution >= 0.6 is 0 Å². The molecule has 22 heavy (non-hydrogen) atoms. The van der Waals surface area contributed by atoms with Crippen LogP contribution in [0.5, 0.6) is 5.75 Å². The van der Waals surface area contributed by atoms with Gasteiger partial charge in [0.25, 0.3) is 0 Å². The summed E-state index contributed by atoms with van der Waals surface area (Å²) in [4.78, 5) is 0. The summed E-state index contributed by atoms with van der Waals surface area (Å²) in [7, 11) is 1.63. The average molecular weight is 299 g/mol. The van der Waals surface area contributed by atoms with Crippen molar-refractivity contribution in [2.45, 2.75) is 19.5 Å². The number of fused-ring (bicyclic) bond motifs is 1. The normalized spacial score (nSPS) is 12.5. The lowest BCUT2D eigenvalue weighted by atomic mass is 10.1. The van der Waals surface area contributed by atoms with Gasteiger partial charge in [-0.05, 0) is 36.8 Å². The minimum absolute atomic E-state index is 0.107. The van der Waals surface area contributed by atoms with Crippen LogP contribution < -0.4 is 10.1 Å². The van der Waals surface area contributed by atoms with Crippen LogP contribution in [-0.2, 0) is 6.54 Å². The highest BCUT2D eigenvalue weighted by atomic mass is 19.1. The summed E-state index contributed by atoms with van der Waals surface area (Å²) >= 11 is 0. The van der Waals surface area contributed by atoms with Crippen molar-refractivity contribution >= 4 is 11.0 Å². The highest BCUT2D eigenvalue weighted by molar-refractivity contribution is 5.83. The fourth-order valence-electron chi connectivity index (χ4n) is 2.46. The Morgan fingerprint density at radius 3 is 2.68 bits per heavy atom. The zero-order chi connectivity index (χ0) is 15.5. The van der Waals surface area contributed by atoms with Crippen LogP contribution in [0.1, 0.15) is 24.3 Å². The molecule has 0 aliphatic heterocycles. The van der Waals surface area contributed by atoms with Crippen molar-refractivity contribution in [2.24, 2.45) is 0 Å². The Labute approximate surface area is 128 Å². The summed E-state index contributed by atoms with van der Waals surface area (Å²) in [6.45, 7) is 2.63. The van der Waals surface area contributed by atoms with E-state index in [-0.39, 0.29) is 11.9 Å². The molecule has 1 aromatic heterocycles. The molecule has 0 fully saturated rings. The van der Waals surface area contributed by atoms with Crippen molar-refractivity contribution in [1.29, 1.82) is 0 Å². The molecule has 0 aliphatic carbocycles. The molecule has 0 aliphatic rings. The Hall–Kier alpha value is -2.33. The predicted molar refractivity (Wildman–Crippen MR) is 84.4 cm³/mol. The van der Waals surface area contributed by atoms with E-state index in [0.29, 0.717) is 6.54 Å². The third-order valence-corrected chi connectivity index (χ3v) is 3.73. The smallest absolute Gasteiger partial charge is 0.176 e. The molecular formula is C18H18FNO2. The van der Waals surface area contributed by atoms with Gasteiger partial charge in [0.1, 0.15) is 11.6 Å². The molecule has 3 rings (SSSR count). The second kappa shape index (κ2) is 6.20. The van der Waals surface area contributed by atoms with E-state index < -0.39 is 0 Å². The topological polar surface area (TPSA) is 34.4 Å². The van der Waals surface area contributed by atoms with Gasteiger partial charge < -0.3 is 14.5 Å². The lowest BCUT2D eigenvalue weighted by molar-refractivity contribution is 0.405. The maximum absolute atomic E-state index is 12.9. The molecule has 114 valence electrons. The van der Waals surface area contributed by atoms with E-state index >= 15 is 0 Å². The third kappa shape index (κ3) is 2.97. The second-order valence-corrected chi connectivity index (χ2v) is 5.25. The van der Waals surface area contributed by atoms with Crippen LogP contribution in [0.25, 0.3) is 11.0 Å². The average Bonchev–Trinajstić information content (AvgIpc) is 2.96. The quantitative estimate of drug-likeness (QED) is 0.756. The van der Waals surface area contributed by atoms with Crippen molar-refractivity contribution in [3.8, 4) is 5.75 Å². The largest absolute Gasteiger partial charge is 0.493 e. The van der Waals surface area contributed by atoms with E-state index in [2.05, 4.69) is 5.32 Å². The van der Waals surface area contributed by atoms with Crippen LogP contribution in [-0.4, -0.2) is 7.11 Å². The van der Waals surface area contributed by atoms with E-state index in [1.165, 1.54) is 12.1 Å². The molecule has 0 saturated heterocycles. The zero-order valence-corrected chi connectivity index (χ0v) is 12.6. The number of para-hydroxylation sites is 1. The van der Waals surface area contributed by atoms with Crippen molar-refractivity contribution < 1.29 is 13.5 Å². The molecule has 1 heterocycles. The SMILES string of the molecule is COc1cccc2cc(CN[C@H](C)c3ccc(F)cc3)oc12. The van der Waals surface area contributed by atoms with Gasteiger partial charge in [-0.15, -0.1) is 0 Å². The van der Waals surface area contributed by atoms with Gasteiger partial charge in [-0.3, -0.25) is 0 Å². The summed E-state index contributed by atoms with van der Waals surface area (Å²) in [6, 6.07) is 14.4. The molecule has 4 heteroatoms. The molecule has 0 bridgehead atoms. The first-order valence-electron chi connectivity index (χ1n) is 7.21. The van der Waals surface area contributed by atoms with Gasteiger partial charge in [0, 0.05) is 11.4 Å². The van der Waals surface area contributed by atoms with Gasteiger partial charge in [0.15, 0.2) is 11.3 Å². The first-order chi connectivity index (χ1) is 10.7. The number of benzene rings is 2. The molecule has 0 amide bonds. The van der Waals surface area contributed by atoms with Crippen LogP contribution in [0.15, 0.2) is 52.9 Å². The summed E-state index contributed by atoms with van der Waals surface area (Å²) in [6.07, 6.45) is 0. The summed E-state index contributed by atoms with van der Waals surface area (Å²) < 4.78 is 24.1. The number of rotatable bonds is 5. The third-order valence-electron chi connectivity index (χ3n) is 3.73. The van der Waals surface area contributed by atoms with Crippen LogP contribution in [0.3, 0.4) is 0 Å². The van der Waals surface area contributed by atoms with Crippen LogP contribution in [0.2, 0.25) is 0 Å². The lowest BCUT2D eigenvalue weighted by Crippen LogP contribution is -2.17. The van der Waals surface area contributed by atoms with Gasteiger partial charge in [0.05, 0.1) is 13.7 Å². The van der Waals surface area contributed by atoms with Gasteiger partial charge in [-0.2, -0.15) is 0 Å². The Morgan fingerprint density at radius 1 is 1.18 bits per heavy atom. The van der Waals surface area contributed by atoms with E-state index in [1.807, 2.05) is 31.2 Å². The maximum atomic E-state index is 12.9. The fraction of sp³-hybridized carbons (Fsp3) is 0.222. The van der Waals surface area contributed by atoms with Crippen LogP contribution in [0.4, 0.5) is 4.39 Å². The molecule has 3 aromatic rings. The Bertz CT molecular complexity index is 764. The molecule has 0 unspecified atom stereocenters. The highest BCUT2D eigenvalue weighted by Gasteiger charge is 2.10. The minimum Gasteiger partial charge on any atom is -0.493 e.